The van der Waals surface area contributed by atoms with Gasteiger partial charge in [-0.25, -0.2) is 70.2 Å². The van der Waals surface area contributed by atoms with Gasteiger partial charge < -0.3 is 42.6 Å². The summed E-state index contributed by atoms with van der Waals surface area (Å²) in [5.41, 5.74) is 6.16. The van der Waals surface area contributed by atoms with E-state index in [1.807, 2.05) is 0 Å². The number of rotatable bonds is 16. The van der Waals surface area contributed by atoms with Gasteiger partial charge in [0.05, 0.1) is 85.6 Å². The predicted octanol–water partition coefficient (Wildman–Crippen LogP) is 12.7. The highest BCUT2D eigenvalue weighted by molar-refractivity contribution is 5.57. The van der Waals surface area contributed by atoms with Crippen LogP contribution in [0.15, 0.2) is 194 Å². The van der Waals surface area contributed by atoms with E-state index in [1.54, 1.807) is 5.01 Å². The van der Waals surface area contributed by atoms with Crippen molar-refractivity contribution in [2.75, 3.05) is 42.6 Å². The van der Waals surface area contributed by atoms with Gasteiger partial charge in [-0.1, -0.05) is 0 Å². The van der Waals surface area contributed by atoms with Crippen LogP contribution in [0.2, 0.25) is 0 Å². The SMILES string of the molecule is Fc1ccc(NC2CC3C4NC(NC5C6C(Nc7ccc(F)cc7)C(Nc7ccc(F)cc7)C(Nc7ccc(F)cc7)C(Nc7ccc(F)cc7)C6C(NC6NC(NC7NC(N4)C4C(F)C(F)C(F)C(F)C74)C4C(F)C(F)C(F)C(F)C64)N5Nc4ccc(F)cc4)C3C(Nc3ccc(F)cc3)C2Nc2ccc(F)cc2)cc1. The van der Waals surface area contributed by atoms with E-state index in [2.05, 4.69) is 79.9 Å². The maximum Gasteiger partial charge on any atom is 0.165 e. The molecule has 31 atom stereocenters. The highest BCUT2D eigenvalue weighted by atomic mass is 19.2. The van der Waals surface area contributed by atoms with Crippen molar-refractivity contribution in [3.05, 3.63) is 241 Å². The van der Waals surface area contributed by atoms with Gasteiger partial charge in [-0.05, 0) is 206 Å². The van der Waals surface area contributed by atoms with E-state index in [0.717, 1.165) is 0 Å². The van der Waals surface area contributed by atoms with Crippen molar-refractivity contribution < 1.29 is 70.2 Å². The summed E-state index contributed by atoms with van der Waals surface area (Å²) < 4.78 is 259. The molecule has 8 aromatic carbocycles. The second kappa shape index (κ2) is 30.9. The Morgan fingerprint density at radius 3 is 0.741 bits per heavy atom. The first-order valence-electron chi connectivity index (χ1n) is 37.4. The molecule has 5 saturated heterocycles. The molecule has 9 aliphatic rings. The number of hydrogen-bond donors (Lipinski definition) is 15. The average Bonchev–Trinajstić information content (AvgIpc) is 1.54. The zero-order valence-corrected chi connectivity index (χ0v) is 59.1. The van der Waals surface area contributed by atoms with E-state index in [1.165, 1.54) is 194 Å². The normalized spacial score (nSPS) is 37.9. The Morgan fingerprint density at radius 1 is 0.223 bits per heavy atom. The Balaban J connectivity index is 0.924. The number of anilines is 8. The van der Waals surface area contributed by atoms with Gasteiger partial charge in [-0.2, -0.15) is 5.01 Å². The van der Waals surface area contributed by atoms with Crippen LogP contribution in [0, 0.1) is 93.9 Å². The lowest BCUT2D eigenvalue weighted by molar-refractivity contribution is -0.0875. The summed E-state index contributed by atoms with van der Waals surface area (Å²) in [4.78, 5) is 0. The van der Waals surface area contributed by atoms with Crippen molar-refractivity contribution >= 4 is 45.5 Å². The molecule has 592 valence electrons. The molecule has 32 heteroatoms. The Morgan fingerprint density at radius 2 is 0.446 bits per heavy atom. The monoisotopic (exact) mass is 1570 g/mol. The third kappa shape index (κ3) is 14.5. The smallest absolute Gasteiger partial charge is 0.165 e. The number of benzene rings is 8. The van der Waals surface area contributed by atoms with Gasteiger partial charge in [0.25, 0.3) is 0 Å². The van der Waals surface area contributed by atoms with Crippen molar-refractivity contribution in [2.24, 2.45) is 47.3 Å². The molecule has 16 nitrogen and oxygen atoms in total. The molecule has 0 radical (unpaired) electrons. The second-order valence-electron chi connectivity index (χ2n) is 30.8. The second-order valence-corrected chi connectivity index (χ2v) is 30.8. The Kier molecular flexibility index (Phi) is 20.8. The van der Waals surface area contributed by atoms with Crippen LogP contribution >= 0.6 is 0 Å². The molecule has 0 aromatic heterocycles. The van der Waals surface area contributed by atoms with Gasteiger partial charge >= 0.3 is 0 Å². The molecular weight excluding hydrogens is 1490 g/mol. The topological polar surface area (TPSA) is 184 Å². The van der Waals surface area contributed by atoms with Gasteiger partial charge in [0.15, 0.2) is 24.7 Å². The van der Waals surface area contributed by atoms with Crippen molar-refractivity contribution in [3.8, 4) is 0 Å². The minimum atomic E-state index is -3.10. The Hall–Kier alpha value is -9.28. The van der Waals surface area contributed by atoms with Gasteiger partial charge in [0.2, 0.25) is 0 Å². The van der Waals surface area contributed by atoms with Gasteiger partial charge in [0.1, 0.15) is 71.2 Å². The van der Waals surface area contributed by atoms with Crippen LogP contribution in [-0.4, -0.2) is 146 Å². The van der Waals surface area contributed by atoms with E-state index < -0.39 is 235 Å². The lowest BCUT2D eigenvalue weighted by atomic mass is 9.66. The zero-order chi connectivity index (χ0) is 77.7. The lowest BCUT2D eigenvalue weighted by Crippen LogP contribution is -2.71. The molecule has 31 unspecified atom stereocenters. The number of hydrogen-bond acceptors (Lipinski definition) is 16. The van der Waals surface area contributed by atoms with Crippen LogP contribution in [0.25, 0.3) is 0 Å². The fourth-order valence-corrected chi connectivity index (χ4v) is 19.6. The molecule has 4 saturated carbocycles. The molecule has 0 spiro atoms. The van der Waals surface area contributed by atoms with Crippen molar-refractivity contribution in [1.82, 2.24) is 42.2 Å². The summed E-state index contributed by atoms with van der Waals surface area (Å²) in [6, 6.07) is 36.0. The number of fused-ring (bicyclic) bond motifs is 20. The lowest BCUT2D eigenvalue weighted by Gasteiger charge is -2.53. The van der Waals surface area contributed by atoms with Gasteiger partial charge in [-0.3, -0.25) is 37.2 Å². The zero-order valence-electron chi connectivity index (χ0n) is 59.1. The number of halogens is 16. The minimum absolute atomic E-state index is 0.0627. The fraction of sp³-hybridized carbons (Fsp3) is 0.400. The largest absolute Gasteiger partial charge is 0.380 e. The summed E-state index contributed by atoms with van der Waals surface area (Å²) in [6.07, 6.45) is -35.3. The standard InChI is InChI=1S/C80H80F16N16/c81-34-1-17-42(18-2-34)97-51-33-50-52(68(99-44-21-5-36(83)6-22-44)67(51)98-43-19-3-35(82)4-20-43)74-104-73(50)105-75-53-54(60(90)64(94)63(93)59(53)89)76(106-75)107-77-55-56(62(92)66(96)65(95)61(55)91)78(108-77)110-80-58-57(79(109-74)112(80)111-49-31-15-41(88)16-32-49)69(100-45-23-7-37(84)8-24-45)71(102-47-27-11-39(86)12-28-47)72(103-48-29-13-40(87)14-30-48)70(58)101-46-25-9-38(85)10-26-46/h1-32,50-80,97-111H,33H2. The number of nitrogens with one attached hydrogen (secondary N) is 15. The van der Waals surface area contributed by atoms with Crippen LogP contribution in [0.1, 0.15) is 6.42 Å². The van der Waals surface area contributed by atoms with E-state index >= 15 is 65.9 Å². The van der Waals surface area contributed by atoms with Crippen LogP contribution in [0.4, 0.5) is 116 Å². The number of alkyl halides is 8. The first kappa shape index (κ1) is 75.4. The van der Waals surface area contributed by atoms with E-state index in [0.29, 0.717) is 34.1 Å². The van der Waals surface area contributed by atoms with Crippen molar-refractivity contribution in [3.63, 3.8) is 0 Å². The molecule has 17 rings (SSSR count). The van der Waals surface area contributed by atoms with E-state index in [9.17, 15) is 4.39 Å². The molecule has 112 heavy (non-hydrogen) atoms. The Labute approximate surface area is 633 Å². The van der Waals surface area contributed by atoms with Crippen LogP contribution < -0.4 is 79.9 Å². The number of hydrazine groups is 1. The average molecular weight is 1570 g/mol. The molecule has 4 aliphatic carbocycles. The highest BCUT2D eigenvalue weighted by Gasteiger charge is 2.69. The third-order valence-electron chi connectivity index (χ3n) is 24.4. The van der Waals surface area contributed by atoms with Gasteiger partial charge in [-0.15, -0.1) is 0 Å². The molecular formula is C80H80F16N16. The van der Waals surface area contributed by atoms with Crippen molar-refractivity contribution in [1.29, 1.82) is 0 Å². The molecule has 5 heterocycles. The summed E-state index contributed by atoms with van der Waals surface area (Å²) in [7, 11) is 0. The van der Waals surface area contributed by atoms with Crippen molar-refractivity contribution in [2.45, 2.75) is 147 Å². The molecule has 0 amide bonds. The fourth-order valence-electron chi connectivity index (χ4n) is 19.6. The first-order chi connectivity index (χ1) is 54.0. The molecule has 8 aromatic rings. The van der Waals surface area contributed by atoms with Crippen LogP contribution in [0.5, 0.6) is 0 Å². The molecule has 9 fully saturated rings. The summed E-state index contributed by atoms with van der Waals surface area (Å²) >= 11 is 0. The summed E-state index contributed by atoms with van der Waals surface area (Å²) in [6.45, 7) is 0. The maximum atomic E-state index is 17.9. The van der Waals surface area contributed by atoms with Crippen LogP contribution in [-0.2, 0) is 0 Å². The van der Waals surface area contributed by atoms with E-state index in [-0.39, 0.29) is 17.8 Å². The van der Waals surface area contributed by atoms with E-state index in [4.69, 9.17) is 0 Å². The Bertz CT molecular complexity index is 4530. The quantitative estimate of drug-likeness (QED) is 0.0410. The van der Waals surface area contributed by atoms with Gasteiger partial charge in [0, 0.05) is 93.0 Å². The third-order valence-corrected chi connectivity index (χ3v) is 24.4. The molecule has 5 aliphatic heterocycles. The predicted molar refractivity (Wildman–Crippen MR) is 392 cm³/mol. The maximum absolute atomic E-state index is 17.9. The first-order valence-corrected chi connectivity index (χ1v) is 37.4. The highest BCUT2D eigenvalue weighted by Crippen LogP contribution is 2.53. The summed E-state index contributed by atoms with van der Waals surface area (Å²) in [5, 5.41) is 51.7. The number of nitrogens with zero attached hydrogens (tertiary/aromatic N) is 1. The van der Waals surface area contributed by atoms with Crippen LogP contribution in [0.3, 0.4) is 0 Å². The summed E-state index contributed by atoms with van der Waals surface area (Å²) in [5.74, 6) is -16.4. The molecule has 15 N–H and O–H groups in total. The molecule has 8 bridgehead atoms. The minimum Gasteiger partial charge on any atom is -0.380 e.